The van der Waals surface area contributed by atoms with Crippen LogP contribution < -0.4 is 5.73 Å². The van der Waals surface area contributed by atoms with Gasteiger partial charge in [-0.25, -0.2) is 0 Å². The average Bonchev–Trinajstić information content (AvgIpc) is 3.03. The van der Waals surface area contributed by atoms with E-state index < -0.39 is 0 Å². The molecule has 1 aliphatic rings. The highest BCUT2D eigenvalue weighted by Gasteiger charge is 2.29. The van der Waals surface area contributed by atoms with Crippen molar-refractivity contribution in [3.8, 4) is 0 Å². The average molecular weight is 266 g/mol. The van der Waals surface area contributed by atoms with Crippen LogP contribution in [0.5, 0.6) is 0 Å². The Labute approximate surface area is 114 Å². The minimum Gasteiger partial charge on any atom is -0.393 e. The van der Waals surface area contributed by atoms with Gasteiger partial charge in [-0.05, 0) is 32.8 Å². The summed E-state index contributed by atoms with van der Waals surface area (Å²) >= 11 is 4.96. The minimum absolute atomic E-state index is 0.421. The van der Waals surface area contributed by atoms with E-state index in [2.05, 4.69) is 36.1 Å². The van der Waals surface area contributed by atoms with Gasteiger partial charge in [-0.3, -0.25) is 9.58 Å². The highest BCUT2D eigenvalue weighted by atomic mass is 32.1. The topological polar surface area (TPSA) is 47.1 Å². The Morgan fingerprint density at radius 2 is 2.33 bits per heavy atom. The number of nitrogens with two attached hydrogens (primary N) is 1. The zero-order valence-electron chi connectivity index (χ0n) is 11.2. The molecule has 1 heterocycles. The van der Waals surface area contributed by atoms with E-state index >= 15 is 0 Å². The van der Waals surface area contributed by atoms with Crippen LogP contribution in [0.15, 0.2) is 12.3 Å². The second-order valence-corrected chi connectivity index (χ2v) is 5.82. The third-order valence-corrected chi connectivity index (χ3v) is 3.47. The number of aromatic nitrogens is 2. The van der Waals surface area contributed by atoms with Crippen molar-refractivity contribution in [2.24, 2.45) is 5.73 Å². The van der Waals surface area contributed by atoms with Gasteiger partial charge in [-0.2, -0.15) is 5.10 Å². The Balaban J connectivity index is 1.92. The van der Waals surface area contributed by atoms with Crippen LogP contribution in [0.2, 0.25) is 0 Å². The molecule has 18 heavy (non-hydrogen) atoms. The first-order valence-corrected chi connectivity index (χ1v) is 7.03. The van der Waals surface area contributed by atoms with Gasteiger partial charge in [0.05, 0.1) is 10.7 Å². The van der Waals surface area contributed by atoms with Crippen LogP contribution >= 0.6 is 12.2 Å². The third-order valence-electron chi connectivity index (χ3n) is 3.27. The van der Waals surface area contributed by atoms with Gasteiger partial charge in [-0.1, -0.05) is 12.2 Å². The van der Waals surface area contributed by atoms with Gasteiger partial charge >= 0.3 is 0 Å². The first kappa shape index (κ1) is 13.5. The lowest BCUT2D eigenvalue weighted by molar-refractivity contribution is 0.258. The van der Waals surface area contributed by atoms with E-state index in [1.807, 2.05) is 4.68 Å². The summed E-state index contributed by atoms with van der Waals surface area (Å²) in [4.78, 5) is 3.06. The fourth-order valence-corrected chi connectivity index (χ4v) is 2.13. The van der Waals surface area contributed by atoms with Crippen LogP contribution in [0, 0.1) is 0 Å². The molecule has 2 N–H and O–H groups in total. The first-order valence-electron chi connectivity index (χ1n) is 6.62. The molecule has 1 saturated carbocycles. The number of thiocarbonyl (C=S) groups is 1. The van der Waals surface area contributed by atoms with Gasteiger partial charge in [0, 0.05) is 37.8 Å². The molecule has 1 fully saturated rings. The normalized spacial score (nSPS) is 15.6. The van der Waals surface area contributed by atoms with Crippen LogP contribution in [-0.4, -0.2) is 32.3 Å². The fraction of sp³-hybridized carbons (Fsp3) is 0.692. The first-order chi connectivity index (χ1) is 8.56. The van der Waals surface area contributed by atoms with E-state index in [0.717, 1.165) is 25.2 Å². The smallest absolute Gasteiger partial charge is 0.0764 e. The van der Waals surface area contributed by atoms with Crippen molar-refractivity contribution in [3.63, 3.8) is 0 Å². The number of nitrogens with zero attached hydrogens (tertiary/aromatic N) is 3. The standard InChI is InChI=1S/C13H22N4S/c1-10(2)17-8-5-11(15-17)9-16(12-3-4-12)7-6-13(14)18/h5,8,10,12H,3-4,6-7,9H2,1-2H3,(H2,14,18). The number of rotatable bonds is 7. The van der Waals surface area contributed by atoms with Gasteiger partial charge < -0.3 is 5.73 Å². The molecule has 4 nitrogen and oxygen atoms in total. The lowest BCUT2D eigenvalue weighted by atomic mass is 10.3. The highest BCUT2D eigenvalue weighted by molar-refractivity contribution is 7.80. The number of hydrogen-bond acceptors (Lipinski definition) is 3. The quantitative estimate of drug-likeness (QED) is 0.768. The second-order valence-electron chi connectivity index (χ2n) is 5.30. The summed E-state index contributed by atoms with van der Waals surface area (Å²) in [6, 6.07) is 3.24. The summed E-state index contributed by atoms with van der Waals surface area (Å²) in [7, 11) is 0. The molecular formula is C13H22N4S. The maximum atomic E-state index is 5.58. The molecule has 0 radical (unpaired) electrons. The summed E-state index contributed by atoms with van der Waals surface area (Å²) in [6.45, 7) is 6.14. The van der Waals surface area contributed by atoms with Crippen molar-refractivity contribution >= 4 is 17.2 Å². The lowest BCUT2D eigenvalue weighted by Gasteiger charge is -2.20. The Bertz CT molecular complexity index is 409. The third kappa shape index (κ3) is 3.78. The molecule has 0 bridgehead atoms. The molecular weight excluding hydrogens is 244 g/mol. The maximum absolute atomic E-state index is 5.58. The van der Waals surface area contributed by atoms with Gasteiger partial charge in [0.25, 0.3) is 0 Å². The van der Waals surface area contributed by atoms with E-state index in [9.17, 15) is 0 Å². The molecule has 1 aromatic rings. The van der Waals surface area contributed by atoms with Crippen molar-refractivity contribution in [2.45, 2.75) is 51.7 Å². The van der Waals surface area contributed by atoms with Gasteiger partial charge in [0.2, 0.25) is 0 Å². The van der Waals surface area contributed by atoms with E-state index in [4.69, 9.17) is 18.0 Å². The second kappa shape index (κ2) is 5.80. The van der Waals surface area contributed by atoms with Crippen molar-refractivity contribution in [3.05, 3.63) is 18.0 Å². The molecule has 0 saturated heterocycles. The van der Waals surface area contributed by atoms with Crippen molar-refractivity contribution in [1.82, 2.24) is 14.7 Å². The molecule has 100 valence electrons. The molecule has 2 rings (SSSR count). The molecule has 0 amide bonds. The maximum Gasteiger partial charge on any atom is 0.0764 e. The van der Waals surface area contributed by atoms with Crippen molar-refractivity contribution in [1.29, 1.82) is 0 Å². The van der Waals surface area contributed by atoms with E-state index in [1.54, 1.807) is 0 Å². The zero-order chi connectivity index (χ0) is 13.1. The largest absolute Gasteiger partial charge is 0.393 e. The molecule has 1 aliphatic carbocycles. The Kier molecular flexibility index (Phi) is 4.35. The van der Waals surface area contributed by atoms with Crippen molar-refractivity contribution in [2.75, 3.05) is 6.54 Å². The summed E-state index contributed by atoms with van der Waals surface area (Å²) in [5.74, 6) is 0. The SMILES string of the molecule is CC(C)n1ccc(CN(CCC(N)=S)C2CC2)n1. The molecule has 0 atom stereocenters. The van der Waals surface area contributed by atoms with Crippen LogP contribution in [0.25, 0.3) is 0 Å². The molecule has 1 aromatic heterocycles. The Hall–Kier alpha value is -0.940. The van der Waals surface area contributed by atoms with Crippen LogP contribution in [0.4, 0.5) is 0 Å². The summed E-state index contributed by atoms with van der Waals surface area (Å²) in [6.07, 6.45) is 5.44. The Morgan fingerprint density at radius 1 is 1.61 bits per heavy atom. The predicted molar refractivity (Wildman–Crippen MR) is 77.4 cm³/mol. The predicted octanol–water partition coefficient (Wildman–Crippen LogP) is 2.10. The summed E-state index contributed by atoms with van der Waals surface area (Å²) in [5.41, 5.74) is 6.72. The highest BCUT2D eigenvalue weighted by Crippen LogP contribution is 2.28. The van der Waals surface area contributed by atoms with E-state index in [0.29, 0.717) is 17.1 Å². The summed E-state index contributed by atoms with van der Waals surface area (Å²) in [5, 5.41) is 4.60. The van der Waals surface area contributed by atoms with Gasteiger partial charge in [-0.15, -0.1) is 0 Å². The van der Waals surface area contributed by atoms with Crippen LogP contribution in [0.1, 0.15) is 44.8 Å². The van der Waals surface area contributed by atoms with Gasteiger partial charge in [0.15, 0.2) is 0 Å². The van der Waals surface area contributed by atoms with E-state index in [-0.39, 0.29) is 0 Å². The van der Waals surface area contributed by atoms with Crippen molar-refractivity contribution < 1.29 is 0 Å². The molecule has 0 aliphatic heterocycles. The molecule has 0 aromatic carbocycles. The van der Waals surface area contributed by atoms with Gasteiger partial charge in [0.1, 0.15) is 0 Å². The molecule has 5 heteroatoms. The molecule has 0 unspecified atom stereocenters. The lowest BCUT2D eigenvalue weighted by Crippen LogP contribution is -2.29. The van der Waals surface area contributed by atoms with E-state index in [1.165, 1.54) is 12.8 Å². The minimum atomic E-state index is 0.421. The van der Waals surface area contributed by atoms with Crippen LogP contribution in [0.3, 0.4) is 0 Å². The monoisotopic (exact) mass is 266 g/mol. The zero-order valence-corrected chi connectivity index (χ0v) is 12.0. The summed E-state index contributed by atoms with van der Waals surface area (Å²) < 4.78 is 2.01. The Morgan fingerprint density at radius 3 is 2.83 bits per heavy atom. The number of hydrogen-bond donors (Lipinski definition) is 1. The molecule has 0 spiro atoms. The van der Waals surface area contributed by atoms with Crippen LogP contribution in [-0.2, 0) is 6.54 Å². The fourth-order valence-electron chi connectivity index (χ4n) is 2.04.